The largest absolute Gasteiger partial charge is 0.197 e. The van der Waals surface area contributed by atoms with Gasteiger partial charge in [-0.05, 0) is 36.1 Å². The number of nitriles is 1. The van der Waals surface area contributed by atoms with Crippen molar-refractivity contribution in [2.24, 2.45) is 0 Å². The average molecular weight is 277 g/mol. The van der Waals surface area contributed by atoms with Crippen LogP contribution in [-0.2, 0) is 10.2 Å². The zero-order chi connectivity index (χ0) is 14.0. The molecule has 0 amide bonds. The highest BCUT2D eigenvalue weighted by Gasteiger charge is 2.57. The van der Waals surface area contributed by atoms with Gasteiger partial charge in [-0.3, -0.25) is 0 Å². The predicted molar refractivity (Wildman–Crippen MR) is 82.8 cm³/mol. The van der Waals surface area contributed by atoms with Gasteiger partial charge in [0.1, 0.15) is 5.25 Å². The van der Waals surface area contributed by atoms with Gasteiger partial charge in [0.15, 0.2) is 0 Å². The lowest BCUT2D eigenvalue weighted by molar-refractivity contribution is 0.520. The molecule has 0 saturated carbocycles. The summed E-state index contributed by atoms with van der Waals surface area (Å²) in [5, 5.41) is 9.64. The summed E-state index contributed by atoms with van der Waals surface area (Å²) in [6.07, 6.45) is 0. The molecule has 0 radical (unpaired) electrons. The van der Waals surface area contributed by atoms with Crippen molar-refractivity contribution in [1.29, 1.82) is 5.26 Å². The lowest BCUT2D eigenvalue weighted by Gasteiger charge is -2.54. The topological polar surface area (TPSA) is 23.8 Å². The van der Waals surface area contributed by atoms with E-state index in [1.807, 2.05) is 0 Å². The highest BCUT2D eigenvalue weighted by Crippen LogP contribution is 2.64. The second-order valence-electron chi connectivity index (χ2n) is 5.95. The smallest absolute Gasteiger partial charge is 0.106 e. The first-order valence-electron chi connectivity index (χ1n) is 6.90. The Bertz CT molecular complexity index is 709. The maximum atomic E-state index is 9.67. The van der Waals surface area contributed by atoms with Crippen LogP contribution in [0.3, 0.4) is 0 Å². The van der Waals surface area contributed by atoms with Crippen LogP contribution in [0.2, 0.25) is 0 Å². The van der Waals surface area contributed by atoms with Crippen molar-refractivity contribution < 1.29 is 0 Å². The van der Waals surface area contributed by atoms with Crippen molar-refractivity contribution in [2.45, 2.75) is 29.3 Å². The van der Waals surface area contributed by atoms with E-state index in [0.29, 0.717) is 0 Å². The van der Waals surface area contributed by atoms with Crippen molar-refractivity contribution in [2.75, 3.05) is 0 Å². The number of fused-ring (bicyclic) bond motifs is 1. The van der Waals surface area contributed by atoms with Crippen LogP contribution >= 0.6 is 11.8 Å². The molecule has 0 saturated heterocycles. The third-order valence-electron chi connectivity index (χ3n) is 5.00. The molecule has 2 heterocycles. The Labute approximate surface area is 123 Å². The molecule has 2 aliphatic heterocycles. The molecular formula is C18H15NS. The zero-order valence-electron chi connectivity index (χ0n) is 11.6. The zero-order valence-corrected chi connectivity index (χ0v) is 12.4. The highest BCUT2D eigenvalue weighted by atomic mass is 32.2. The van der Waals surface area contributed by atoms with E-state index in [9.17, 15) is 5.26 Å². The van der Waals surface area contributed by atoms with Gasteiger partial charge in [0.2, 0.25) is 0 Å². The predicted octanol–water partition coefficient (Wildman–Crippen LogP) is 4.21. The number of hydrogen-bond donors (Lipinski definition) is 0. The molecule has 1 atom stereocenters. The van der Waals surface area contributed by atoms with Gasteiger partial charge in [0, 0.05) is 5.41 Å². The summed E-state index contributed by atoms with van der Waals surface area (Å²) in [7, 11) is 0. The first-order chi connectivity index (χ1) is 9.62. The van der Waals surface area contributed by atoms with Crippen LogP contribution in [-0.4, -0.2) is 5.25 Å². The lowest BCUT2D eigenvalue weighted by atomic mass is 9.62. The van der Waals surface area contributed by atoms with Gasteiger partial charge >= 0.3 is 0 Å². The fourth-order valence-corrected chi connectivity index (χ4v) is 5.54. The summed E-state index contributed by atoms with van der Waals surface area (Å²) in [5.41, 5.74) is 5.19. The molecule has 2 bridgehead atoms. The van der Waals surface area contributed by atoms with E-state index in [4.69, 9.17) is 0 Å². The van der Waals surface area contributed by atoms with E-state index in [1.54, 1.807) is 11.8 Å². The summed E-state index contributed by atoms with van der Waals surface area (Å²) >= 11 is 1.81. The number of benzene rings is 2. The van der Waals surface area contributed by atoms with Gasteiger partial charge in [-0.25, -0.2) is 0 Å². The van der Waals surface area contributed by atoms with Crippen molar-refractivity contribution in [3.05, 3.63) is 70.8 Å². The van der Waals surface area contributed by atoms with Gasteiger partial charge in [-0.1, -0.05) is 48.5 Å². The van der Waals surface area contributed by atoms with Crippen LogP contribution in [0.25, 0.3) is 0 Å². The van der Waals surface area contributed by atoms with Crippen LogP contribution in [0.4, 0.5) is 0 Å². The first kappa shape index (κ1) is 12.1. The molecule has 5 rings (SSSR count). The SMILES string of the molecule is CC12SC(C#N)C(C)(c3ccccc31)c1ccccc12. The Morgan fingerprint density at radius 1 is 0.900 bits per heavy atom. The standard InChI is InChI=1S/C18H15NS/c1-17-12-7-3-5-9-14(12)18(2,20-16(17)11-19)15-10-6-4-8-13(15)17/h3-10,16H,1-2H3. The number of hydrogen-bond acceptors (Lipinski definition) is 2. The molecule has 1 unspecified atom stereocenters. The Balaban J connectivity index is 2.17. The van der Waals surface area contributed by atoms with Gasteiger partial charge < -0.3 is 0 Å². The normalized spacial score (nSPS) is 33.1. The summed E-state index contributed by atoms with van der Waals surface area (Å²) < 4.78 is -0.106. The first-order valence-corrected chi connectivity index (χ1v) is 7.78. The molecule has 0 fully saturated rings. The molecule has 0 spiro atoms. The molecule has 0 N–H and O–H groups in total. The minimum absolute atomic E-state index is 0.0303. The van der Waals surface area contributed by atoms with E-state index in [1.165, 1.54) is 22.3 Å². The second-order valence-corrected chi connectivity index (χ2v) is 7.48. The third kappa shape index (κ3) is 1.16. The van der Waals surface area contributed by atoms with E-state index in [-0.39, 0.29) is 15.4 Å². The van der Waals surface area contributed by atoms with E-state index in [0.717, 1.165) is 0 Å². The average Bonchev–Trinajstić information content (AvgIpc) is 2.50. The summed E-state index contributed by atoms with van der Waals surface area (Å²) in [4.78, 5) is 0. The van der Waals surface area contributed by atoms with Gasteiger partial charge in [-0.15, -0.1) is 11.8 Å². The van der Waals surface area contributed by atoms with E-state index >= 15 is 0 Å². The van der Waals surface area contributed by atoms with E-state index in [2.05, 4.69) is 68.4 Å². The van der Waals surface area contributed by atoms with Crippen molar-refractivity contribution >= 4 is 11.8 Å². The number of thioether (sulfide) groups is 1. The monoisotopic (exact) mass is 277 g/mol. The lowest BCUT2D eigenvalue weighted by Crippen LogP contribution is -2.50. The highest BCUT2D eigenvalue weighted by molar-refractivity contribution is 8.01. The van der Waals surface area contributed by atoms with Gasteiger partial charge in [-0.2, -0.15) is 5.26 Å². The second kappa shape index (κ2) is 3.68. The molecule has 3 aliphatic rings. The quantitative estimate of drug-likeness (QED) is 0.720. The fourth-order valence-electron chi connectivity index (χ4n) is 3.91. The number of rotatable bonds is 0. The molecular weight excluding hydrogens is 262 g/mol. The molecule has 2 heteroatoms. The molecule has 98 valence electrons. The number of nitrogens with zero attached hydrogens (tertiary/aromatic N) is 1. The van der Waals surface area contributed by atoms with Gasteiger partial charge in [0.05, 0.1) is 10.8 Å². The fraction of sp³-hybridized carbons (Fsp3) is 0.278. The molecule has 0 aromatic heterocycles. The molecule has 2 aromatic rings. The molecule has 1 aliphatic carbocycles. The van der Waals surface area contributed by atoms with Crippen LogP contribution < -0.4 is 0 Å². The minimum atomic E-state index is -0.204. The molecule has 1 nitrogen and oxygen atoms in total. The Kier molecular flexibility index (Phi) is 2.22. The van der Waals surface area contributed by atoms with Crippen molar-refractivity contribution in [3.8, 4) is 6.07 Å². The maximum Gasteiger partial charge on any atom is 0.106 e. The van der Waals surface area contributed by atoms with Crippen molar-refractivity contribution in [1.82, 2.24) is 0 Å². The minimum Gasteiger partial charge on any atom is -0.197 e. The molecule has 20 heavy (non-hydrogen) atoms. The summed E-state index contributed by atoms with van der Waals surface area (Å²) in [5.74, 6) is 0. The van der Waals surface area contributed by atoms with Crippen LogP contribution in [0.15, 0.2) is 48.5 Å². The maximum absolute atomic E-state index is 9.67. The van der Waals surface area contributed by atoms with Crippen LogP contribution in [0, 0.1) is 11.3 Å². The van der Waals surface area contributed by atoms with Crippen molar-refractivity contribution in [3.63, 3.8) is 0 Å². The summed E-state index contributed by atoms with van der Waals surface area (Å²) in [6, 6.07) is 19.8. The Hall–Kier alpha value is -1.72. The molecule has 2 aromatic carbocycles. The third-order valence-corrected chi connectivity index (χ3v) is 6.72. The van der Waals surface area contributed by atoms with Crippen LogP contribution in [0.5, 0.6) is 0 Å². The van der Waals surface area contributed by atoms with Crippen LogP contribution in [0.1, 0.15) is 36.1 Å². The summed E-state index contributed by atoms with van der Waals surface area (Å²) in [6.45, 7) is 4.49. The Morgan fingerprint density at radius 2 is 1.35 bits per heavy atom. The van der Waals surface area contributed by atoms with Gasteiger partial charge in [0.25, 0.3) is 0 Å². The Morgan fingerprint density at radius 3 is 1.80 bits per heavy atom. The van der Waals surface area contributed by atoms with E-state index < -0.39 is 0 Å².